The molecule has 40 heavy (non-hydrogen) atoms. The number of pyridine rings is 2. The maximum Gasteiger partial charge on any atom is 0.270 e. The van der Waals surface area contributed by atoms with Crippen LogP contribution in [0.5, 0.6) is 0 Å². The highest BCUT2D eigenvalue weighted by Gasteiger charge is 2.21. The smallest absolute Gasteiger partial charge is 0.270 e. The molecule has 4 aromatic rings. The Morgan fingerprint density at radius 1 is 1.02 bits per heavy atom. The van der Waals surface area contributed by atoms with Crippen LogP contribution in [0.2, 0.25) is 0 Å². The van der Waals surface area contributed by atoms with Crippen molar-refractivity contribution in [2.45, 2.75) is 33.4 Å². The minimum absolute atomic E-state index is 0.0424. The van der Waals surface area contributed by atoms with Crippen molar-refractivity contribution in [1.82, 2.24) is 39.2 Å². The van der Waals surface area contributed by atoms with E-state index < -0.39 is 5.82 Å². The van der Waals surface area contributed by atoms with E-state index in [4.69, 9.17) is 0 Å². The molecule has 1 aliphatic rings. The lowest BCUT2D eigenvalue weighted by atomic mass is 10.2. The summed E-state index contributed by atoms with van der Waals surface area (Å²) < 4.78 is 16.8. The van der Waals surface area contributed by atoms with Crippen molar-refractivity contribution < 1.29 is 9.18 Å². The van der Waals surface area contributed by atoms with Crippen molar-refractivity contribution in [2.24, 2.45) is 0 Å². The van der Waals surface area contributed by atoms with Gasteiger partial charge >= 0.3 is 0 Å². The van der Waals surface area contributed by atoms with E-state index in [9.17, 15) is 9.18 Å². The lowest BCUT2D eigenvalue weighted by Crippen LogP contribution is -2.45. The van der Waals surface area contributed by atoms with Crippen LogP contribution in [-0.2, 0) is 6.54 Å². The number of nitrogens with one attached hydrogen (secondary N) is 1. The molecule has 5 rings (SSSR count). The van der Waals surface area contributed by atoms with Gasteiger partial charge in [0.1, 0.15) is 17.2 Å². The SMILES string of the molecule is CCN1CCN(Cc2ccc(Nc3ncc(F)c(-c4ccc5c(cc(C(=O)N(C)C)n5C(C)C)n4)n3)nc2)CC1. The topological polar surface area (TPSA) is 95.3 Å². The van der Waals surface area contributed by atoms with Crippen molar-refractivity contribution >= 4 is 28.7 Å². The fraction of sp³-hybridized carbons (Fsp3) is 0.414. The molecule has 0 radical (unpaired) electrons. The number of piperazine rings is 1. The first-order valence-electron chi connectivity index (χ1n) is 13.7. The highest BCUT2D eigenvalue weighted by Crippen LogP contribution is 2.28. The van der Waals surface area contributed by atoms with Crippen LogP contribution in [0.1, 0.15) is 42.9 Å². The van der Waals surface area contributed by atoms with Gasteiger partial charge in [0.25, 0.3) is 5.91 Å². The van der Waals surface area contributed by atoms with E-state index in [1.165, 1.54) is 4.90 Å². The highest BCUT2D eigenvalue weighted by molar-refractivity contribution is 5.98. The molecular weight excluding hydrogens is 509 g/mol. The Kier molecular flexibility index (Phi) is 8.04. The predicted octanol–water partition coefficient (Wildman–Crippen LogP) is 4.19. The number of hydrogen-bond donors (Lipinski definition) is 1. The predicted molar refractivity (Wildman–Crippen MR) is 154 cm³/mol. The first-order valence-corrected chi connectivity index (χ1v) is 13.7. The van der Waals surface area contributed by atoms with Crippen molar-refractivity contribution in [3.63, 3.8) is 0 Å². The summed E-state index contributed by atoms with van der Waals surface area (Å²) in [6, 6.07) is 9.27. The molecule has 1 N–H and O–H groups in total. The van der Waals surface area contributed by atoms with Crippen LogP contribution in [-0.4, -0.2) is 91.9 Å². The van der Waals surface area contributed by atoms with Gasteiger partial charge in [0.05, 0.1) is 22.9 Å². The number of carbonyl (C=O) groups excluding carboxylic acids is 1. The van der Waals surface area contributed by atoms with Gasteiger partial charge in [-0.1, -0.05) is 13.0 Å². The Morgan fingerprint density at radius 3 is 2.42 bits per heavy atom. The van der Waals surface area contributed by atoms with Gasteiger partial charge < -0.3 is 19.7 Å². The molecule has 0 spiro atoms. The van der Waals surface area contributed by atoms with E-state index in [-0.39, 0.29) is 23.6 Å². The van der Waals surface area contributed by atoms with Gasteiger partial charge in [-0.05, 0) is 50.2 Å². The Bertz CT molecular complexity index is 1490. The summed E-state index contributed by atoms with van der Waals surface area (Å²) in [5.74, 6) is 0.0844. The minimum atomic E-state index is -0.586. The molecule has 4 aromatic heterocycles. The van der Waals surface area contributed by atoms with Gasteiger partial charge in [0.2, 0.25) is 5.95 Å². The number of fused-ring (bicyclic) bond motifs is 1. The average Bonchev–Trinajstić information content (AvgIpc) is 3.34. The van der Waals surface area contributed by atoms with Gasteiger partial charge in [0, 0.05) is 59.1 Å². The third kappa shape index (κ3) is 5.80. The van der Waals surface area contributed by atoms with Crippen molar-refractivity contribution in [1.29, 1.82) is 0 Å². The summed E-state index contributed by atoms with van der Waals surface area (Å²) in [6.07, 6.45) is 2.97. The molecule has 1 amide bonds. The monoisotopic (exact) mass is 545 g/mol. The Balaban J connectivity index is 1.34. The zero-order valence-electron chi connectivity index (χ0n) is 23.7. The first-order chi connectivity index (χ1) is 19.2. The number of nitrogens with zero attached hydrogens (tertiary/aromatic N) is 8. The Labute approximate surface area is 233 Å². The first kappa shape index (κ1) is 27.6. The molecule has 5 heterocycles. The van der Waals surface area contributed by atoms with E-state index in [1.807, 2.05) is 42.8 Å². The molecule has 1 fully saturated rings. The van der Waals surface area contributed by atoms with Crippen molar-refractivity contribution in [3.8, 4) is 11.4 Å². The summed E-state index contributed by atoms with van der Waals surface area (Å²) in [5, 5.41) is 3.08. The van der Waals surface area contributed by atoms with E-state index in [0.717, 1.165) is 56.5 Å². The van der Waals surface area contributed by atoms with Gasteiger partial charge in [-0.25, -0.2) is 24.3 Å². The number of anilines is 2. The third-order valence-electron chi connectivity index (χ3n) is 7.21. The number of carbonyl (C=O) groups is 1. The molecule has 0 unspecified atom stereocenters. The van der Waals surface area contributed by atoms with Crippen LogP contribution in [0.15, 0.2) is 42.7 Å². The summed E-state index contributed by atoms with van der Waals surface area (Å²) in [6.45, 7) is 12.5. The summed E-state index contributed by atoms with van der Waals surface area (Å²) in [5.41, 5.74) is 3.48. The van der Waals surface area contributed by atoms with Crippen LogP contribution >= 0.6 is 0 Å². The molecule has 0 bridgehead atoms. The molecule has 10 nitrogen and oxygen atoms in total. The summed E-state index contributed by atoms with van der Waals surface area (Å²) >= 11 is 0. The molecule has 0 atom stereocenters. The third-order valence-corrected chi connectivity index (χ3v) is 7.21. The maximum atomic E-state index is 14.9. The van der Waals surface area contributed by atoms with Crippen LogP contribution < -0.4 is 5.32 Å². The minimum Gasteiger partial charge on any atom is -0.343 e. The van der Waals surface area contributed by atoms with Crippen LogP contribution in [0, 0.1) is 5.82 Å². The van der Waals surface area contributed by atoms with Gasteiger partial charge in [-0.2, -0.15) is 0 Å². The summed E-state index contributed by atoms with van der Waals surface area (Å²) in [4.78, 5) is 36.9. The standard InChI is InChI=1S/C29H36FN9O/c1-6-37-11-13-38(14-12-37)18-20-7-10-26(31-16-20)34-29-32-17-21(30)27(35-29)22-8-9-24-23(33-22)15-25(28(40)36(4)5)39(24)19(2)3/h7-10,15-17,19H,6,11-14,18H2,1-5H3,(H,31,32,34,35). The second-order valence-electron chi connectivity index (χ2n) is 10.6. The van der Waals surface area contributed by atoms with Crippen LogP contribution in [0.3, 0.4) is 0 Å². The highest BCUT2D eigenvalue weighted by atomic mass is 19.1. The molecule has 1 saturated heterocycles. The number of aromatic nitrogens is 5. The molecule has 0 aliphatic carbocycles. The quantitative estimate of drug-likeness (QED) is 0.352. The van der Waals surface area contributed by atoms with Crippen molar-refractivity contribution in [2.75, 3.05) is 52.1 Å². The van der Waals surface area contributed by atoms with E-state index in [1.54, 1.807) is 26.2 Å². The maximum absolute atomic E-state index is 14.9. The largest absolute Gasteiger partial charge is 0.343 e. The van der Waals surface area contributed by atoms with E-state index in [2.05, 4.69) is 42.0 Å². The fourth-order valence-corrected chi connectivity index (χ4v) is 5.02. The van der Waals surface area contributed by atoms with E-state index in [0.29, 0.717) is 22.7 Å². The van der Waals surface area contributed by atoms with E-state index >= 15 is 0 Å². The van der Waals surface area contributed by atoms with Gasteiger partial charge in [0.15, 0.2) is 5.82 Å². The molecule has 1 aliphatic heterocycles. The molecule has 0 saturated carbocycles. The van der Waals surface area contributed by atoms with Crippen LogP contribution in [0.25, 0.3) is 22.4 Å². The number of hydrogen-bond acceptors (Lipinski definition) is 8. The Morgan fingerprint density at radius 2 is 1.77 bits per heavy atom. The zero-order chi connectivity index (χ0) is 28.4. The molecule has 210 valence electrons. The second-order valence-corrected chi connectivity index (χ2v) is 10.6. The van der Waals surface area contributed by atoms with Crippen LogP contribution in [0.4, 0.5) is 16.2 Å². The molecule has 11 heteroatoms. The second kappa shape index (κ2) is 11.6. The molecular formula is C29H36FN9O. The fourth-order valence-electron chi connectivity index (χ4n) is 5.02. The molecule has 0 aromatic carbocycles. The lowest BCUT2D eigenvalue weighted by Gasteiger charge is -2.33. The van der Waals surface area contributed by atoms with Crippen molar-refractivity contribution in [3.05, 3.63) is 59.8 Å². The number of rotatable bonds is 8. The zero-order valence-corrected chi connectivity index (χ0v) is 23.7. The number of amides is 1. The number of likely N-dealkylation sites (N-methyl/N-ethyl adjacent to an activating group) is 1. The number of halogens is 1. The Hall–Kier alpha value is -3.96. The lowest BCUT2D eigenvalue weighted by molar-refractivity contribution is 0.0816. The average molecular weight is 546 g/mol. The normalized spacial score (nSPS) is 14.7. The van der Waals surface area contributed by atoms with Gasteiger partial charge in [-0.3, -0.25) is 9.69 Å². The summed E-state index contributed by atoms with van der Waals surface area (Å²) in [7, 11) is 3.43. The van der Waals surface area contributed by atoms with Gasteiger partial charge in [-0.15, -0.1) is 0 Å².